The minimum Gasteiger partial charge on any atom is -0.278 e. The average Bonchev–Trinajstić information content (AvgIpc) is 3.33. The summed E-state index contributed by atoms with van der Waals surface area (Å²) in [6.07, 6.45) is 4.16. The third-order valence-corrected chi connectivity index (χ3v) is 7.34. The van der Waals surface area contributed by atoms with Crippen molar-refractivity contribution in [3.8, 4) is 0 Å². The van der Waals surface area contributed by atoms with E-state index in [9.17, 15) is 31.2 Å². The van der Waals surface area contributed by atoms with Crippen LogP contribution >= 0.6 is 0 Å². The van der Waals surface area contributed by atoms with Crippen molar-refractivity contribution < 1.29 is 31.2 Å². The van der Waals surface area contributed by atoms with Crippen LogP contribution in [0, 0.1) is 5.92 Å². The number of rotatable bonds is 4. The van der Waals surface area contributed by atoms with E-state index in [1.807, 2.05) is 13.8 Å². The first-order valence-electron chi connectivity index (χ1n) is 9.50. The zero-order chi connectivity index (χ0) is 22.8. The highest BCUT2D eigenvalue weighted by molar-refractivity contribution is 7.92. The van der Waals surface area contributed by atoms with E-state index >= 15 is 0 Å². The monoisotopic (exact) mass is 453 g/mol. The van der Waals surface area contributed by atoms with Crippen molar-refractivity contribution in [1.29, 1.82) is 0 Å². The number of alkyl halides is 3. The van der Waals surface area contributed by atoms with E-state index < -0.39 is 37.7 Å². The summed E-state index contributed by atoms with van der Waals surface area (Å²) < 4.78 is 61.6. The Kier molecular flexibility index (Phi) is 4.65. The molecule has 2 fully saturated rings. The Bertz CT molecular complexity index is 1180. The van der Waals surface area contributed by atoms with E-state index in [1.165, 1.54) is 11.1 Å². The van der Waals surface area contributed by atoms with E-state index in [4.69, 9.17) is 0 Å². The maximum absolute atomic E-state index is 13.3. The molecule has 7 nitrogen and oxygen atoms in total. The summed E-state index contributed by atoms with van der Waals surface area (Å²) in [5, 5.41) is 0. The molecule has 2 unspecified atom stereocenters. The number of amides is 3. The molecule has 1 spiro atoms. The van der Waals surface area contributed by atoms with Gasteiger partial charge in [0, 0.05) is 12.4 Å². The number of anilines is 2. The number of imide groups is 1. The lowest BCUT2D eigenvalue weighted by atomic mass is 10.1. The fourth-order valence-corrected chi connectivity index (χ4v) is 4.79. The molecule has 2 heterocycles. The molecule has 1 saturated heterocycles. The normalized spacial score (nSPS) is 23.7. The van der Waals surface area contributed by atoms with Gasteiger partial charge < -0.3 is 0 Å². The molecule has 1 saturated carbocycles. The molecule has 1 aromatic heterocycles. The van der Waals surface area contributed by atoms with Gasteiger partial charge >= 0.3 is 11.5 Å². The van der Waals surface area contributed by atoms with Crippen LogP contribution in [0.5, 0.6) is 0 Å². The second-order valence-electron chi connectivity index (χ2n) is 7.59. The first-order valence-corrected chi connectivity index (χ1v) is 11.0. The van der Waals surface area contributed by atoms with E-state index in [0.717, 1.165) is 34.7 Å². The zero-order valence-corrected chi connectivity index (χ0v) is 17.4. The smallest absolute Gasteiger partial charge is 0.278 e. The van der Waals surface area contributed by atoms with Crippen molar-refractivity contribution in [2.24, 2.45) is 5.92 Å². The molecule has 2 aromatic rings. The third kappa shape index (κ3) is 2.93. The second kappa shape index (κ2) is 6.78. The zero-order valence-electron chi connectivity index (χ0n) is 16.5. The van der Waals surface area contributed by atoms with Gasteiger partial charge in [0.05, 0.1) is 16.3 Å². The van der Waals surface area contributed by atoms with Gasteiger partial charge in [-0.3, -0.25) is 14.7 Å². The topological polar surface area (TPSA) is 87.7 Å². The van der Waals surface area contributed by atoms with Gasteiger partial charge in [-0.25, -0.2) is 18.1 Å². The molecule has 1 aliphatic heterocycles. The van der Waals surface area contributed by atoms with Gasteiger partial charge in [0.2, 0.25) is 0 Å². The first kappa shape index (κ1) is 21.3. The van der Waals surface area contributed by atoms with Gasteiger partial charge in [-0.1, -0.05) is 13.8 Å². The number of carbonyl (C=O) groups is 2. The summed E-state index contributed by atoms with van der Waals surface area (Å²) >= 11 is 0. The Hall–Kier alpha value is -2.95. The number of carbonyl (C=O) groups excluding carboxylic acids is 2. The second-order valence-corrected chi connectivity index (χ2v) is 9.53. The number of pyridine rings is 1. The Morgan fingerprint density at radius 2 is 1.77 bits per heavy atom. The molecule has 2 atom stereocenters. The van der Waals surface area contributed by atoms with Crippen LogP contribution in [0.25, 0.3) is 0 Å². The predicted octanol–water partition coefficient (Wildman–Crippen LogP) is 3.69. The summed E-state index contributed by atoms with van der Waals surface area (Å²) in [4.78, 5) is 32.1. The van der Waals surface area contributed by atoms with E-state index in [-0.39, 0.29) is 11.6 Å². The molecule has 1 aromatic carbocycles. The van der Waals surface area contributed by atoms with Crippen molar-refractivity contribution in [3.05, 3.63) is 48.3 Å². The number of nitrogens with zero attached hydrogens (tertiary/aromatic N) is 3. The van der Waals surface area contributed by atoms with Crippen LogP contribution in [0.1, 0.15) is 25.8 Å². The van der Waals surface area contributed by atoms with E-state index in [2.05, 4.69) is 4.98 Å². The number of benzene rings is 1. The molecule has 3 amide bonds. The Labute approximate surface area is 176 Å². The van der Waals surface area contributed by atoms with Crippen LogP contribution in [-0.2, 0) is 21.1 Å². The Morgan fingerprint density at radius 3 is 2.29 bits per heavy atom. The number of aromatic nitrogens is 1. The minimum absolute atomic E-state index is 0.00389. The number of hydrogen-bond acceptors (Lipinski definition) is 5. The lowest BCUT2D eigenvalue weighted by Gasteiger charge is -2.24. The average molecular weight is 453 g/mol. The van der Waals surface area contributed by atoms with Crippen molar-refractivity contribution in [1.82, 2.24) is 4.98 Å². The molecular weight excluding hydrogens is 435 g/mol. The van der Waals surface area contributed by atoms with Gasteiger partial charge in [0.15, 0.2) is 0 Å². The van der Waals surface area contributed by atoms with Crippen LogP contribution in [0.3, 0.4) is 0 Å². The molecule has 31 heavy (non-hydrogen) atoms. The summed E-state index contributed by atoms with van der Waals surface area (Å²) in [7, 11) is -5.53. The molecule has 11 heteroatoms. The van der Waals surface area contributed by atoms with Crippen LogP contribution in [-0.4, -0.2) is 36.4 Å². The highest BCUT2D eigenvalue weighted by Crippen LogP contribution is 2.55. The fraction of sp³-hybridized carbons (Fsp3) is 0.350. The van der Waals surface area contributed by atoms with Crippen molar-refractivity contribution in [2.45, 2.75) is 42.6 Å². The third-order valence-electron chi connectivity index (χ3n) is 5.84. The lowest BCUT2D eigenvalue weighted by molar-refractivity contribution is -0.119. The van der Waals surface area contributed by atoms with Crippen molar-refractivity contribution in [2.75, 3.05) is 9.80 Å². The maximum Gasteiger partial charge on any atom is 0.501 e. The summed E-state index contributed by atoms with van der Waals surface area (Å²) in [5.41, 5.74) is -5.19. The minimum atomic E-state index is -5.53. The number of aryl methyl sites for hydroxylation is 1. The highest BCUT2D eigenvalue weighted by Gasteiger charge is 2.70. The van der Waals surface area contributed by atoms with E-state index in [0.29, 0.717) is 18.5 Å². The van der Waals surface area contributed by atoms with E-state index in [1.54, 1.807) is 12.3 Å². The first-order chi connectivity index (χ1) is 14.5. The van der Waals surface area contributed by atoms with Gasteiger partial charge in [-0.05, 0) is 54.7 Å². The number of sulfone groups is 1. The quantitative estimate of drug-likeness (QED) is 0.659. The van der Waals surface area contributed by atoms with Crippen molar-refractivity contribution >= 4 is 33.2 Å². The number of hydrogen-bond donors (Lipinski definition) is 0. The van der Waals surface area contributed by atoms with Crippen LogP contribution in [0.15, 0.2) is 47.6 Å². The largest absolute Gasteiger partial charge is 0.501 e. The SMILES string of the molecule is CCc1cnccc1N1C(=O)N(c2ccc(S(=O)(=O)C(F)(F)F)cc2)C(=O)C12CC2C. The summed E-state index contributed by atoms with van der Waals surface area (Å²) in [6, 6.07) is 4.57. The molecule has 0 N–H and O–H groups in total. The highest BCUT2D eigenvalue weighted by atomic mass is 32.2. The maximum atomic E-state index is 13.3. The summed E-state index contributed by atoms with van der Waals surface area (Å²) in [6.45, 7) is 3.73. The van der Waals surface area contributed by atoms with Crippen LogP contribution < -0.4 is 9.80 Å². The van der Waals surface area contributed by atoms with Crippen LogP contribution in [0.2, 0.25) is 0 Å². The molecule has 0 radical (unpaired) electrons. The Balaban J connectivity index is 1.76. The Morgan fingerprint density at radius 1 is 1.16 bits per heavy atom. The molecule has 1 aliphatic carbocycles. The molecule has 2 aliphatic rings. The van der Waals surface area contributed by atoms with Gasteiger partial charge in [0.1, 0.15) is 5.54 Å². The molecular formula is C20H18F3N3O4S. The van der Waals surface area contributed by atoms with Crippen molar-refractivity contribution in [3.63, 3.8) is 0 Å². The number of urea groups is 1. The van der Waals surface area contributed by atoms with Gasteiger partial charge in [-0.2, -0.15) is 13.2 Å². The van der Waals surface area contributed by atoms with Gasteiger partial charge in [-0.15, -0.1) is 0 Å². The standard InChI is InChI=1S/C20H18F3N3O4S/c1-3-13-11-24-9-8-16(13)26-18(28)25(17(27)19(26)10-12(19)2)14-4-6-15(7-5-14)31(29,30)20(21,22)23/h4-9,11-12H,3,10H2,1-2H3. The lowest BCUT2D eigenvalue weighted by Crippen LogP contribution is -2.39. The van der Waals surface area contributed by atoms with Crippen LogP contribution in [0.4, 0.5) is 29.3 Å². The summed E-state index contributed by atoms with van der Waals surface area (Å²) in [5.74, 6) is -0.605. The molecule has 0 bridgehead atoms. The molecule has 4 rings (SSSR count). The number of halogens is 3. The predicted molar refractivity (Wildman–Crippen MR) is 105 cm³/mol. The fourth-order valence-electron chi connectivity index (χ4n) is 4.03. The van der Waals surface area contributed by atoms with Gasteiger partial charge in [0.25, 0.3) is 15.7 Å². The molecule has 164 valence electrons.